The second-order valence-electron chi connectivity index (χ2n) is 5.93. The molecular weight excluding hydrogens is 429 g/mol. The molecule has 6 nitrogen and oxygen atoms in total. The van der Waals surface area contributed by atoms with Crippen molar-refractivity contribution >= 4 is 56.7 Å². The first-order valence-corrected chi connectivity index (χ1v) is 8.91. The molecule has 1 amide bonds. The summed E-state index contributed by atoms with van der Waals surface area (Å²) in [5.74, 6) is -1.18. The van der Waals surface area contributed by atoms with Gasteiger partial charge < -0.3 is 14.4 Å². The van der Waals surface area contributed by atoms with Crippen LogP contribution in [0.5, 0.6) is 5.75 Å². The fourth-order valence-corrected chi connectivity index (χ4v) is 3.58. The number of halogens is 4. The van der Waals surface area contributed by atoms with Crippen molar-refractivity contribution in [1.82, 2.24) is 4.98 Å². The third-order valence-corrected chi connectivity index (χ3v) is 4.81. The third-order valence-electron chi connectivity index (χ3n) is 4.24. The number of hydroxylamine groups is 1. The van der Waals surface area contributed by atoms with Crippen molar-refractivity contribution in [3.8, 4) is 5.75 Å². The van der Waals surface area contributed by atoms with Gasteiger partial charge in [0.1, 0.15) is 15.6 Å². The van der Waals surface area contributed by atoms with Gasteiger partial charge in [-0.15, -0.1) is 0 Å². The SMILES string of the molecule is O=C(c1ccc(OC(F)F)c2oc3ccccc3c12)[NH+]([O-])c1c(Cl)cncc1Cl. The quantitative estimate of drug-likeness (QED) is 0.465. The second kappa shape index (κ2) is 7.57. The number of hydrogen-bond acceptors (Lipinski definition) is 5. The van der Waals surface area contributed by atoms with E-state index in [4.69, 9.17) is 27.6 Å². The summed E-state index contributed by atoms with van der Waals surface area (Å²) >= 11 is 12.0. The number of carbonyl (C=O) groups excluding carboxylic acids is 1. The third kappa shape index (κ3) is 3.40. The number of nitrogens with zero attached hydrogens (tertiary/aromatic N) is 1. The lowest BCUT2D eigenvalue weighted by Crippen LogP contribution is -3.05. The topological polar surface area (TPSA) is 79.8 Å². The summed E-state index contributed by atoms with van der Waals surface area (Å²) < 4.78 is 35.7. The van der Waals surface area contributed by atoms with E-state index in [-0.39, 0.29) is 38.0 Å². The minimum absolute atomic E-state index is 0.0551. The molecule has 0 saturated heterocycles. The summed E-state index contributed by atoms with van der Waals surface area (Å²) in [4.78, 5) is 16.8. The van der Waals surface area contributed by atoms with Crippen molar-refractivity contribution in [3.05, 3.63) is 69.6 Å². The van der Waals surface area contributed by atoms with E-state index in [2.05, 4.69) is 9.72 Å². The number of pyridine rings is 1. The Labute approximate surface area is 171 Å². The maximum Gasteiger partial charge on any atom is 0.387 e. The number of furan rings is 1. The van der Waals surface area contributed by atoms with Gasteiger partial charge >= 0.3 is 12.5 Å². The number of carbonyl (C=O) groups is 1. The van der Waals surface area contributed by atoms with Gasteiger partial charge in [0, 0.05) is 10.8 Å². The van der Waals surface area contributed by atoms with Crippen LogP contribution in [0.15, 0.2) is 53.2 Å². The smallest absolute Gasteiger partial charge is 0.387 e. The molecule has 0 saturated carbocycles. The Balaban J connectivity index is 1.93. The molecule has 4 aromatic rings. The van der Waals surface area contributed by atoms with Crippen LogP contribution in [0.3, 0.4) is 0 Å². The molecular formula is C19H10Cl2F2N2O4. The fraction of sp³-hybridized carbons (Fsp3) is 0.0526. The first-order valence-electron chi connectivity index (χ1n) is 8.15. The second-order valence-corrected chi connectivity index (χ2v) is 6.74. The summed E-state index contributed by atoms with van der Waals surface area (Å²) in [5.41, 5.74) is 0.0223. The molecule has 1 atom stereocenters. The van der Waals surface area contributed by atoms with Gasteiger partial charge in [-0.25, -0.2) is 4.79 Å². The van der Waals surface area contributed by atoms with E-state index < -0.39 is 17.6 Å². The van der Waals surface area contributed by atoms with Crippen molar-refractivity contribution < 1.29 is 27.8 Å². The Hall–Kier alpha value is -2.78. The molecule has 0 radical (unpaired) electrons. The van der Waals surface area contributed by atoms with Crippen molar-refractivity contribution in [2.75, 3.05) is 0 Å². The van der Waals surface area contributed by atoms with Crippen LogP contribution in [0, 0.1) is 5.21 Å². The van der Waals surface area contributed by atoms with Crippen LogP contribution < -0.4 is 9.80 Å². The number of hydrogen-bond donors (Lipinski definition) is 1. The highest BCUT2D eigenvalue weighted by Gasteiger charge is 2.28. The van der Waals surface area contributed by atoms with E-state index >= 15 is 0 Å². The van der Waals surface area contributed by atoms with Crippen LogP contribution in [0.2, 0.25) is 10.0 Å². The number of amides is 1. The molecule has 0 aliphatic heterocycles. The highest BCUT2D eigenvalue weighted by Crippen LogP contribution is 2.37. The van der Waals surface area contributed by atoms with Gasteiger partial charge in [0.2, 0.25) is 0 Å². The molecule has 1 unspecified atom stereocenters. The summed E-state index contributed by atoms with van der Waals surface area (Å²) in [6.45, 7) is -3.09. The van der Waals surface area contributed by atoms with Gasteiger partial charge in [-0.2, -0.15) is 8.78 Å². The average molecular weight is 439 g/mol. The predicted molar refractivity (Wildman–Crippen MR) is 103 cm³/mol. The first-order chi connectivity index (χ1) is 13.9. The highest BCUT2D eigenvalue weighted by atomic mass is 35.5. The van der Waals surface area contributed by atoms with E-state index in [1.54, 1.807) is 24.3 Å². The molecule has 0 aliphatic rings. The normalized spacial score (nSPS) is 12.6. The minimum Gasteiger partial charge on any atom is -0.621 e. The number of benzene rings is 2. The Morgan fingerprint density at radius 1 is 1.14 bits per heavy atom. The van der Waals surface area contributed by atoms with Gasteiger partial charge in [0.15, 0.2) is 17.0 Å². The molecule has 0 spiro atoms. The molecule has 29 heavy (non-hydrogen) atoms. The zero-order valence-corrected chi connectivity index (χ0v) is 15.8. The average Bonchev–Trinajstić information content (AvgIpc) is 3.07. The number of rotatable bonds is 4. The number of ether oxygens (including phenoxy) is 1. The van der Waals surface area contributed by atoms with Crippen LogP contribution in [0.4, 0.5) is 14.5 Å². The molecule has 2 aromatic carbocycles. The monoisotopic (exact) mass is 438 g/mol. The fourth-order valence-electron chi connectivity index (χ4n) is 3.05. The first kappa shape index (κ1) is 19.5. The number of aromatic nitrogens is 1. The molecule has 0 aliphatic carbocycles. The Kier molecular flexibility index (Phi) is 5.10. The summed E-state index contributed by atoms with van der Waals surface area (Å²) in [6.07, 6.45) is 2.38. The van der Waals surface area contributed by atoms with Crippen LogP contribution >= 0.6 is 23.2 Å². The molecule has 1 N–H and O–H groups in total. The van der Waals surface area contributed by atoms with Gasteiger partial charge in [-0.1, -0.05) is 41.4 Å². The van der Waals surface area contributed by atoms with Crippen molar-refractivity contribution in [2.45, 2.75) is 6.61 Å². The number of fused-ring (bicyclic) bond motifs is 3. The zero-order valence-electron chi connectivity index (χ0n) is 14.3. The lowest BCUT2D eigenvalue weighted by atomic mass is 10.0. The van der Waals surface area contributed by atoms with Gasteiger partial charge in [0.05, 0.1) is 18.0 Å². The zero-order chi connectivity index (χ0) is 20.7. The van der Waals surface area contributed by atoms with Crippen molar-refractivity contribution in [3.63, 3.8) is 0 Å². The van der Waals surface area contributed by atoms with E-state index in [1.807, 2.05) is 0 Å². The van der Waals surface area contributed by atoms with Crippen molar-refractivity contribution in [2.24, 2.45) is 0 Å². The number of quaternary nitrogens is 1. The van der Waals surface area contributed by atoms with Gasteiger partial charge in [-0.05, 0) is 18.2 Å². The molecule has 2 aromatic heterocycles. The Morgan fingerprint density at radius 2 is 1.83 bits per heavy atom. The van der Waals surface area contributed by atoms with E-state index in [0.29, 0.717) is 11.0 Å². The Bertz CT molecular complexity index is 1230. The molecule has 4 rings (SSSR count). The largest absolute Gasteiger partial charge is 0.621 e. The predicted octanol–water partition coefficient (Wildman–Crippen LogP) is 4.74. The lowest BCUT2D eigenvalue weighted by molar-refractivity contribution is -0.679. The molecule has 2 heterocycles. The van der Waals surface area contributed by atoms with E-state index in [0.717, 1.165) is 6.07 Å². The van der Waals surface area contributed by atoms with Crippen LogP contribution in [0.25, 0.3) is 21.9 Å². The minimum atomic E-state index is -3.09. The number of nitrogens with one attached hydrogen (secondary N) is 1. The standard InChI is InChI=1S/C19H10Cl2F2N2O4/c20-11-7-24-8-12(21)16(11)25(27)18(26)10-5-6-14(29-19(22)23)17-15(10)9-3-1-2-4-13(9)28-17/h1-8,19,25H. The van der Waals surface area contributed by atoms with E-state index in [1.165, 1.54) is 18.5 Å². The molecule has 0 bridgehead atoms. The van der Waals surface area contributed by atoms with Crippen molar-refractivity contribution in [1.29, 1.82) is 0 Å². The number of alkyl halides is 2. The summed E-state index contributed by atoms with van der Waals surface area (Å²) in [5, 5.41) is 12.3. The molecule has 148 valence electrons. The summed E-state index contributed by atoms with van der Waals surface area (Å²) in [6, 6.07) is 8.99. The van der Waals surface area contributed by atoms with Crippen LogP contribution in [0.1, 0.15) is 10.4 Å². The van der Waals surface area contributed by atoms with E-state index in [9.17, 15) is 18.8 Å². The maximum absolute atomic E-state index is 13.0. The molecule has 0 fully saturated rings. The number of para-hydroxylation sites is 1. The highest BCUT2D eigenvalue weighted by molar-refractivity contribution is 6.38. The maximum atomic E-state index is 13.0. The van der Waals surface area contributed by atoms with Crippen LogP contribution in [-0.2, 0) is 0 Å². The summed E-state index contributed by atoms with van der Waals surface area (Å²) in [7, 11) is 0. The molecule has 10 heteroatoms. The Morgan fingerprint density at radius 3 is 2.52 bits per heavy atom. The van der Waals surface area contributed by atoms with Gasteiger partial charge in [0.25, 0.3) is 0 Å². The lowest BCUT2D eigenvalue weighted by Gasteiger charge is -2.21. The van der Waals surface area contributed by atoms with Gasteiger partial charge in [-0.3, -0.25) is 10.0 Å². The van der Waals surface area contributed by atoms with Crippen LogP contribution in [-0.4, -0.2) is 17.5 Å².